The minimum Gasteiger partial charge on any atom is -0.383 e. The maximum atomic E-state index is 15.1. The zero-order valence-electron chi connectivity index (χ0n) is 17.2. The molecule has 1 aliphatic heterocycles. The normalized spacial score (nSPS) is 26.5. The molecule has 1 aromatic carbocycles. The quantitative estimate of drug-likeness (QED) is 0.563. The highest BCUT2D eigenvalue weighted by atomic mass is 35.5. The Morgan fingerprint density at radius 2 is 2.09 bits per heavy atom. The third-order valence-corrected chi connectivity index (χ3v) is 7.50. The van der Waals surface area contributed by atoms with Crippen LogP contribution in [0.15, 0.2) is 35.7 Å². The number of hydrogen-bond donors (Lipinski definition) is 2. The number of rotatable bonds is 5. The molecule has 2 aromatic heterocycles. The van der Waals surface area contributed by atoms with Crippen molar-refractivity contribution in [1.82, 2.24) is 15.0 Å². The molecular weight excluding hydrogens is 458 g/mol. The molecule has 0 saturated heterocycles. The van der Waals surface area contributed by atoms with E-state index >= 15 is 4.39 Å². The number of nitrogens with two attached hydrogens (primary N) is 1. The molecule has 166 valence electrons. The Morgan fingerprint density at radius 1 is 1.28 bits per heavy atom. The average Bonchev–Trinajstić information content (AvgIpc) is 3.45. The van der Waals surface area contributed by atoms with Crippen molar-refractivity contribution >= 4 is 51.1 Å². The molecular formula is C21H19ClF2N6OS. The first-order valence-electron chi connectivity index (χ1n) is 9.82. The minimum atomic E-state index is -1.03. The summed E-state index contributed by atoms with van der Waals surface area (Å²) in [6.45, 7) is 2.24. The Balaban J connectivity index is 1.57. The fourth-order valence-electron chi connectivity index (χ4n) is 4.51. The van der Waals surface area contributed by atoms with E-state index < -0.39 is 17.2 Å². The van der Waals surface area contributed by atoms with Crippen molar-refractivity contribution < 1.29 is 13.5 Å². The number of nitrogens with zero attached hydrogens (tertiary/aromatic N) is 4. The van der Waals surface area contributed by atoms with Crippen molar-refractivity contribution in [3.63, 3.8) is 0 Å². The lowest BCUT2D eigenvalue weighted by Crippen LogP contribution is -2.37. The van der Waals surface area contributed by atoms with Gasteiger partial charge >= 0.3 is 0 Å². The number of hydrogen-bond acceptors (Lipinski definition) is 8. The van der Waals surface area contributed by atoms with Gasteiger partial charge in [0.05, 0.1) is 27.4 Å². The van der Waals surface area contributed by atoms with Gasteiger partial charge in [0, 0.05) is 36.5 Å². The summed E-state index contributed by atoms with van der Waals surface area (Å²) in [6, 6.07) is 4.27. The number of anilines is 2. The molecule has 0 unspecified atom stereocenters. The molecule has 7 nitrogen and oxygen atoms in total. The fourth-order valence-corrected chi connectivity index (χ4v) is 6.11. The van der Waals surface area contributed by atoms with Gasteiger partial charge in [0.25, 0.3) is 0 Å². The van der Waals surface area contributed by atoms with Crippen molar-refractivity contribution in [2.75, 3.05) is 19.0 Å². The second-order valence-electron chi connectivity index (χ2n) is 8.14. The Hall–Kier alpha value is -2.56. The zero-order chi connectivity index (χ0) is 22.7. The number of benzene rings is 1. The highest BCUT2D eigenvalue weighted by Crippen LogP contribution is 2.66. The highest BCUT2D eigenvalue weighted by molar-refractivity contribution is 8.15. The van der Waals surface area contributed by atoms with E-state index in [9.17, 15) is 4.39 Å². The van der Waals surface area contributed by atoms with E-state index in [2.05, 4.69) is 25.3 Å². The molecule has 3 atom stereocenters. The van der Waals surface area contributed by atoms with Crippen LogP contribution in [0.25, 0.3) is 11.0 Å². The number of halogens is 3. The van der Waals surface area contributed by atoms with Crippen LogP contribution >= 0.6 is 23.4 Å². The largest absolute Gasteiger partial charge is 0.383 e. The highest BCUT2D eigenvalue weighted by Gasteiger charge is 2.66. The Bertz CT molecular complexity index is 1280. The Labute approximate surface area is 191 Å². The number of aromatic nitrogens is 3. The lowest BCUT2D eigenvalue weighted by molar-refractivity contribution is 0.184. The van der Waals surface area contributed by atoms with Crippen LogP contribution in [-0.4, -0.2) is 38.6 Å². The number of nitrogens with one attached hydrogen (secondary N) is 1. The van der Waals surface area contributed by atoms with Gasteiger partial charge in [-0.25, -0.2) is 23.7 Å². The molecule has 1 saturated carbocycles. The van der Waals surface area contributed by atoms with E-state index in [0.717, 1.165) is 12.5 Å². The summed E-state index contributed by atoms with van der Waals surface area (Å²) in [7, 11) is 1.61. The van der Waals surface area contributed by atoms with Crippen LogP contribution in [0.1, 0.15) is 18.9 Å². The van der Waals surface area contributed by atoms with Crippen LogP contribution in [-0.2, 0) is 10.3 Å². The third kappa shape index (κ3) is 3.37. The molecule has 32 heavy (non-hydrogen) atoms. The number of aliphatic imine (C=N–C) groups is 1. The van der Waals surface area contributed by atoms with Crippen LogP contribution in [0, 0.1) is 17.6 Å². The fraction of sp³-hybridized carbons (Fsp3) is 0.333. The van der Waals surface area contributed by atoms with Gasteiger partial charge in [0.1, 0.15) is 11.8 Å². The van der Waals surface area contributed by atoms with Crippen molar-refractivity contribution in [2.24, 2.45) is 16.6 Å². The van der Waals surface area contributed by atoms with Crippen LogP contribution in [0.4, 0.5) is 20.3 Å². The minimum absolute atomic E-state index is 0.0416. The van der Waals surface area contributed by atoms with E-state index in [1.807, 2.05) is 0 Å². The summed E-state index contributed by atoms with van der Waals surface area (Å²) in [4.78, 5) is 17.2. The van der Waals surface area contributed by atoms with Crippen LogP contribution in [0.5, 0.6) is 0 Å². The van der Waals surface area contributed by atoms with Crippen LogP contribution < -0.4 is 11.1 Å². The first kappa shape index (κ1) is 21.3. The standard InChI is InChI=1S/C21H19ClF2N6OS/c1-20(15-6-21(15,8-31-2)32-19(25)30-20)12-4-11(5-13(23)16(12)24)29-18-17-14(27-9-28-18)3-10(22)7-26-17/h3-5,7,9,15H,6,8H2,1-2H3,(H2,25,30)(H,27,28,29)/t15-,20-,21+/m0/s1. The molecule has 0 bridgehead atoms. The predicted octanol–water partition coefficient (Wildman–Crippen LogP) is 4.38. The van der Waals surface area contributed by atoms with Crippen molar-refractivity contribution in [2.45, 2.75) is 23.6 Å². The van der Waals surface area contributed by atoms with Gasteiger partial charge < -0.3 is 15.8 Å². The third-order valence-electron chi connectivity index (χ3n) is 6.02. The van der Waals surface area contributed by atoms with Gasteiger partial charge in [-0.1, -0.05) is 23.4 Å². The second kappa shape index (κ2) is 7.50. The van der Waals surface area contributed by atoms with Gasteiger partial charge in [0.15, 0.2) is 22.6 Å². The van der Waals surface area contributed by atoms with Crippen molar-refractivity contribution in [1.29, 1.82) is 0 Å². The lowest BCUT2D eigenvalue weighted by atomic mass is 9.85. The number of amidine groups is 1. The topological polar surface area (TPSA) is 98.3 Å². The van der Waals surface area contributed by atoms with E-state index in [1.165, 1.54) is 24.3 Å². The molecule has 5 rings (SSSR count). The summed E-state index contributed by atoms with van der Waals surface area (Å²) in [5.74, 6) is -1.64. The van der Waals surface area contributed by atoms with Crippen LogP contribution in [0.2, 0.25) is 5.02 Å². The Morgan fingerprint density at radius 3 is 2.88 bits per heavy atom. The number of pyridine rings is 1. The molecule has 1 fully saturated rings. The molecule has 3 heterocycles. The lowest BCUT2D eigenvalue weighted by Gasteiger charge is -2.34. The van der Waals surface area contributed by atoms with Crippen molar-refractivity contribution in [3.05, 3.63) is 52.9 Å². The predicted molar refractivity (Wildman–Crippen MR) is 121 cm³/mol. The number of fused-ring (bicyclic) bond motifs is 2. The zero-order valence-corrected chi connectivity index (χ0v) is 18.8. The Kier molecular flexibility index (Phi) is 4.99. The van der Waals surface area contributed by atoms with E-state index in [0.29, 0.717) is 39.3 Å². The van der Waals surface area contributed by atoms with E-state index in [4.69, 9.17) is 22.1 Å². The number of ether oxygens (including phenoxy) is 1. The molecule has 0 spiro atoms. The van der Waals surface area contributed by atoms with E-state index in [-0.39, 0.29) is 16.2 Å². The van der Waals surface area contributed by atoms with Gasteiger partial charge in [0.2, 0.25) is 0 Å². The molecule has 11 heteroatoms. The smallest absolute Gasteiger partial charge is 0.164 e. The van der Waals surface area contributed by atoms with Crippen molar-refractivity contribution in [3.8, 4) is 0 Å². The first-order valence-corrected chi connectivity index (χ1v) is 11.0. The monoisotopic (exact) mass is 476 g/mol. The summed E-state index contributed by atoms with van der Waals surface area (Å²) in [5, 5.41) is 3.80. The molecule has 0 amide bonds. The SMILES string of the molecule is COC[C@]12C[C@H]1[C@](C)(c1cc(Nc3ncnc4cc(Cl)cnc34)cc(F)c1F)N=C(N)S2. The van der Waals surface area contributed by atoms with Gasteiger partial charge in [-0.05, 0) is 25.5 Å². The molecule has 2 aliphatic rings. The van der Waals surface area contributed by atoms with Gasteiger partial charge in [-0.3, -0.25) is 4.99 Å². The van der Waals surface area contributed by atoms with Gasteiger partial charge in [-0.2, -0.15) is 0 Å². The molecule has 3 aromatic rings. The summed E-state index contributed by atoms with van der Waals surface area (Å²) < 4.78 is 34.9. The van der Waals surface area contributed by atoms with Crippen LogP contribution in [0.3, 0.4) is 0 Å². The summed E-state index contributed by atoms with van der Waals surface area (Å²) in [6.07, 6.45) is 3.55. The summed E-state index contributed by atoms with van der Waals surface area (Å²) >= 11 is 7.43. The van der Waals surface area contributed by atoms with Gasteiger partial charge in [-0.15, -0.1) is 0 Å². The average molecular weight is 477 g/mol. The second-order valence-corrected chi connectivity index (χ2v) is 10.0. The maximum absolute atomic E-state index is 15.1. The summed E-state index contributed by atoms with van der Waals surface area (Å²) in [5.41, 5.74) is 6.47. The molecule has 0 radical (unpaired) electrons. The van der Waals surface area contributed by atoms with E-state index in [1.54, 1.807) is 26.2 Å². The number of thioether (sulfide) groups is 1. The molecule has 3 N–H and O–H groups in total. The maximum Gasteiger partial charge on any atom is 0.164 e. The number of methoxy groups -OCH3 is 1. The first-order chi connectivity index (χ1) is 15.3. The molecule has 1 aliphatic carbocycles.